The monoisotopic (exact) mass is 521 g/mol. The van der Waals surface area contributed by atoms with Crippen LogP contribution >= 0.6 is 0 Å². The van der Waals surface area contributed by atoms with Gasteiger partial charge in [-0.25, -0.2) is 0 Å². The zero-order valence-electron chi connectivity index (χ0n) is 20.7. The molecule has 2 aromatic rings. The molecule has 3 aliphatic rings. The molecule has 0 bridgehead atoms. The second kappa shape index (κ2) is 8.67. The molecule has 4 unspecified atom stereocenters. The van der Waals surface area contributed by atoms with Gasteiger partial charge in [-0.15, -0.1) is 0 Å². The van der Waals surface area contributed by atoms with Crippen molar-refractivity contribution in [3.05, 3.63) is 80.3 Å². The van der Waals surface area contributed by atoms with Crippen molar-refractivity contribution in [1.29, 1.82) is 0 Å². The van der Waals surface area contributed by atoms with Gasteiger partial charge in [-0.2, -0.15) is 0 Å². The molecule has 0 saturated carbocycles. The Labute approximate surface area is 217 Å². The lowest BCUT2D eigenvalue weighted by Crippen LogP contribution is -2.59. The third-order valence-electron chi connectivity index (χ3n) is 8.08. The number of nitrogens with two attached hydrogens (primary N) is 1. The van der Waals surface area contributed by atoms with Crippen LogP contribution in [0.1, 0.15) is 28.8 Å². The lowest BCUT2D eigenvalue weighted by Gasteiger charge is -2.51. The molecule has 0 fully saturated rings. The summed E-state index contributed by atoms with van der Waals surface area (Å²) in [6, 6.07) is 7.98. The van der Waals surface area contributed by atoms with Crippen molar-refractivity contribution < 1.29 is 34.9 Å². The number of non-ortho nitro benzene ring substituents is 1. The van der Waals surface area contributed by atoms with Crippen molar-refractivity contribution in [2.45, 2.75) is 30.9 Å². The Kier molecular flexibility index (Phi) is 5.80. The summed E-state index contributed by atoms with van der Waals surface area (Å²) < 4.78 is 0. The average Bonchev–Trinajstić information content (AvgIpc) is 2.85. The van der Waals surface area contributed by atoms with Crippen molar-refractivity contribution in [3.8, 4) is 16.9 Å². The summed E-state index contributed by atoms with van der Waals surface area (Å²) in [6.07, 6.45) is -0.109. The van der Waals surface area contributed by atoms with E-state index in [0.29, 0.717) is 16.7 Å². The van der Waals surface area contributed by atoms with E-state index in [1.807, 2.05) is 0 Å². The summed E-state index contributed by atoms with van der Waals surface area (Å²) in [5, 5.41) is 56.0. The molecule has 5 rings (SSSR count). The summed E-state index contributed by atoms with van der Waals surface area (Å²) in [5.41, 5.74) is 4.43. The van der Waals surface area contributed by atoms with Crippen molar-refractivity contribution in [2.75, 3.05) is 14.1 Å². The maximum atomic E-state index is 13.8. The Bertz CT molecular complexity index is 1480. The molecule has 3 aliphatic carbocycles. The number of carbonyl (C=O) groups is 2. The predicted octanol–water partition coefficient (Wildman–Crippen LogP) is 2.52. The fraction of sp³-hybridized carbons (Fsp3) is 0.333. The minimum Gasteiger partial charge on any atom is -0.510 e. The number of aliphatic hydroxyl groups excluding tert-OH is 2. The van der Waals surface area contributed by atoms with Crippen molar-refractivity contribution in [1.82, 2.24) is 4.90 Å². The third kappa shape index (κ3) is 3.57. The van der Waals surface area contributed by atoms with Gasteiger partial charge < -0.3 is 26.2 Å². The Balaban J connectivity index is 1.68. The molecule has 6 N–H and O–H groups in total. The number of nitrogens with zero attached hydrogens (tertiary/aromatic N) is 2. The Morgan fingerprint density at radius 1 is 1.18 bits per heavy atom. The molecule has 0 heterocycles. The molecule has 0 aromatic heterocycles. The van der Waals surface area contributed by atoms with Gasteiger partial charge in [0.25, 0.3) is 5.69 Å². The van der Waals surface area contributed by atoms with E-state index in [9.17, 15) is 40.1 Å². The number of likely N-dealkylation sites (N-methyl/N-ethyl adjacent to an activating group) is 1. The van der Waals surface area contributed by atoms with Gasteiger partial charge in [0.2, 0.25) is 5.91 Å². The summed E-state index contributed by atoms with van der Waals surface area (Å²) in [4.78, 5) is 38.3. The normalized spacial score (nSPS) is 26.6. The molecule has 2 aromatic carbocycles. The number of ketones is 1. The highest BCUT2D eigenvalue weighted by Gasteiger charge is 2.58. The molecular formula is C27H27N3O8. The molecule has 4 atom stereocenters. The molecule has 0 spiro atoms. The van der Waals surface area contributed by atoms with Crippen molar-refractivity contribution >= 4 is 17.4 Å². The van der Waals surface area contributed by atoms with E-state index in [2.05, 4.69) is 0 Å². The standard InChI is InChI=1S/C27H27N3O8/c1-29(2)22-18-10-13-9-16-15(12-4-3-5-14(8-12)30(37)38)6-7-19(31)21(16)24(33)20(13)25(34)27(18,36)11-17(23(22)32)26(28)35/h3-8,13,18,22,31-32,34,36H,9-11H2,1-2H3,(H2,28,35). The van der Waals surface area contributed by atoms with E-state index in [1.165, 1.54) is 24.3 Å². The van der Waals surface area contributed by atoms with Crippen LogP contribution in [-0.2, 0) is 11.2 Å². The van der Waals surface area contributed by atoms with Crippen LogP contribution in [0.25, 0.3) is 11.1 Å². The molecule has 0 radical (unpaired) electrons. The topological polar surface area (TPSA) is 187 Å². The van der Waals surface area contributed by atoms with Crippen LogP contribution < -0.4 is 5.73 Å². The quantitative estimate of drug-likeness (QED) is 0.297. The van der Waals surface area contributed by atoms with Gasteiger partial charge >= 0.3 is 0 Å². The Morgan fingerprint density at radius 2 is 1.89 bits per heavy atom. The predicted molar refractivity (Wildman–Crippen MR) is 135 cm³/mol. The molecule has 0 aliphatic heterocycles. The van der Waals surface area contributed by atoms with E-state index < -0.39 is 52.3 Å². The average molecular weight is 522 g/mol. The number of hydrogen-bond acceptors (Lipinski definition) is 9. The summed E-state index contributed by atoms with van der Waals surface area (Å²) in [6.45, 7) is 0. The number of Topliss-reactive ketones (excluding diaryl/α,β-unsaturated/α-hetero) is 1. The molecule has 11 heteroatoms. The van der Waals surface area contributed by atoms with E-state index >= 15 is 0 Å². The molecule has 0 saturated heterocycles. The van der Waals surface area contributed by atoms with Crippen LogP contribution in [0.15, 0.2) is 59.1 Å². The van der Waals surface area contributed by atoms with Gasteiger partial charge in [-0.1, -0.05) is 18.2 Å². The molecule has 38 heavy (non-hydrogen) atoms. The first-order chi connectivity index (χ1) is 17.9. The number of fused-ring (bicyclic) bond motifs is 3. The zero-order chi connectivity index (χ0) is 27.7. The van der Waals surface area contributed by atoms with Gasteiger partial charge in [0.05, 0.1) is 22.1 Å². The highest BCUT2D eigenvalue weighted by atomic mass is 16.6. The number of amides is 1. The number of aromatic hydroxyl groups is 1. The van der Waals surface area contributed by atoms with E-state index in [4.69, 9.17) is 5.73 Å². The van der Waals surface area contributed by atoms with Crippen LogP contribution in [0.3, 0.4) is 0 Å². The summed E-state index contributed by atoms with van der Waals surface area (Å²) in [5.74, 6) is -4.21. The van der Waals surface area contributed by atoms with Crippen LogP contribution in [-0.4, -0.2) is 67.7 Å². The van der Waals surface area contributed by atoms with Gasteiger partial charge in [-0.05, 0) is 55.6 Å². The maximum Gasteiger partial charge on any atom is 0.270 e. The number of rotatable bonds is 4. The van der Waals surface area contributed by atoms with Gasteiger partial charge in [0.1, 0.15) is 22.9 Å². The number of nitro benzene ring substituents is 1. The number of primary amides is 1. The highest BCUT2D eigenvalue weighted by Crippen LogP contribution is 2.54. The van der Waals surface area contributed by atoms with Crippen LogP contribution in [0.4, 0.5) is 5.69 Å². The largest absolute Gasteiger partial charge is 0.510 e. The second-order valence-corrected chi connectivity index (χ2v) is 10.4. The molecule has 11 nitrogen and oxygen atoms in total. The summed E-state index contributed by atoms with van der Waals surface area (Å²) in [7, 11) is 3.31. The minimum atomic E-state index is -2.04. The van der Waals surface area contributed by atoms with Crippen LogP contribution in [0.2, 0.25) is 0 Å². The number of hydrogen-bond donors (Lipinski definition) is 5. The van der Waals surface area contributed by atoms with E-state index in [0.717, 1.165) is 0 Å². The SMILES string of the molecule is CN(C)C1C(O)=C(C(N)=O)CC2(O)C(O)=C3C(=O)c4c(O)ccc(-c5cccc([N+](=O)[O-])c5)c4CC3CC12. The lowest BCUT2D eigenvalue weighted by atomic mass is 9.59. The van der Waals surface area contributed by atoms with Crippen LogP contribution in [0.5, 0.6) is 5.75 Å². The Hall–Kier alpha value is -4.22. The maximum absolute atomic E-state index is 13.8. The van der Waals surface area contributed by atoms with Gasteiger partial charge in [0.15, 0.2) is 5.78 Å². The van der Waals surface area contributed by atoms with Crippen molar-refractivity contribution in [2.24, 2.45) is 17.6 Å². The van der Waals surface area contributed by atoms with Crippen molar-refractivity contribution in [3.63, 3.8) is 0 Å². The zero-order valence-corrected chi connectivity index (χ0v) is 20.7. The Morgan fingerprint density at radius 3 is 2.53 bits per heavy atom. The smallest absolute Gasteiger partial charge is 0.270 e. The molecule has 198 valence electrons. The fourth-order valence-corrected chi connectivity index (χ4v) is 6.39. The number of carbonyl (C=O) groups excluding carboxylic acids is 2. The third-order valence-corrected chi connectivity index (χ3v) is 8.08. The first-order valence-electron chi connectivity index (χ1n) is 12.0. The summed E-state index contributed by atoms with van der Waals surface area (Å²) >= 11 is 0. The molecule has 1 amide bonds. The first-order valence-corrected chi connectivity index (χ1v) is 12.0. The van der Waals surface area contributed by atoms with Gasteiger partial charge in [0, 0.05) is 30.0 Å². The highest BCUT2D eigenvalue weighted by molar-refractivity contribution is 6.14. The number of benzene rings is 2. The number of allylic oxidation sites excluding steroid dienone is 1. The second-order valence-electron chi connectivity index (χ2n) is 10.4. The number of nitro groups is 1. The fourth-order valence-electron chi connectivity index (χ4n) is 6.39. The van der Waals surface area contributed by atoms with Gasteiger partial charge in [-0.3, -0.25) is 24.6 Å². The first kappa shape index (κ1) is 25.4. The molecular weight excluding hydrogens is 494 g/mol. The minimum absolute atomic E-state index is 0.0534. The van der Waals surface area contributed by atoms with Crippen LogP contribution in [0, 0.1) is 22.0 Å². The number of phenols is 1. The van der Waals surface area contributed by atoms with E-state index in [-0.39, 0.29) is 46.7 Å². The lowest BCUT2D eigenvalue weighted by molar-refractivity contribution is -0.384. The number of aliphatic hydroxyl groups is 3. The van der Waals surface area contributed by atoms with E-state index in [1.54, 1.807) is 31.1 Å². The number of phenolic OH excluding ortho intramolecular Hbond substituents is 1.